The largest absolute Gasteiger partial charge is 0.0780 e. The highest BCUT2D eigenvalue weighted by atomic mass is 127. The third-order valence-electron chi connectivity index (χ3n) is 2.38. The van der Waals surface area contributed by atoms with Crippen LogP contribution in [0, 0.1) is 5.92 Å². The van der Waals surface area contributed by atoms with Gasteiger partial charge in [0.2, 0.25) is 0 Å². The molecule has 0 aromatic heterocycles. The standard InChI is InChI=1S/C10H10I2/c11-9-3-1-7-5-10(12)4-2-8(7)6-9/h1,3-5,8-9H,2,6H2/t8-,9?/m0/s1. The van der Waals surface area contributed by atoms with Crippen LogP contribution >= 0.6 is 45.2 Å². The molecule has 0 fully saturated rings. The number of hydrogen-bond donors (Lipinski definition) is 0. The van der Waals surface area contributed by atoms with Gasteiger partial charge in [-0.15, -0.1) is 0 Å². The third-order valence-corrected chi connectivity index (χ3v) is 4.06. The van der Waals surface area contributed by atoms with Gasteiger partial charge in [-0.1, -0.05) is 40.8 Å². The number of fused-ring (bicyclic) bond motifs is 1. The molecule has 0 saturated heterocycles. The Morgan fingerprint density at radius 2 is 2.25 bits per heavy atom. The normalized spacial score (nSPS) is 33.8. The van der Waals surface area contributed by atoms with Gasteiger partial charge >= 0.3 is 0 Å². The number of allylic oxidation sites excluding steroid dienone is 6. The molecule has 0 spiro atoms. The van der Waals surface area contributed by atoms with Crippen LogP contribution < -0.4 is 0 Å². The van der Waals surface area contributed by atoms with Crippen molar-refractivity contribution < 1.29 is 0 Å². The molecule has 0 radical (unpaired) electrons. The molecular weight excluding hydrogens is 374 g/mol. The summed E-state index contributed by atoms with van der Waals surface area (Å²) in [5.41, 5.74) is 1.54. The molecule has 0 saturated carbocycles. The molecule has 2 rings (SSSR count). The van der Waals surface area contributed by atoms with Gasteiger partial charge in [-0.2, -0.15) is 0 Å². The first-order valence-electron chi connectivity index (χ1n) is 4.15. The molecule has 12 heavy (non-hydrogen) atoms. The van der Waals surface area contributed by atoms with Gasteiger partial charge in [0.25, 0.3) is 0 Å². The molecule has 2 atom stereocenters. The van der Waals surface area contributed by atoms with Crippen LogP contribution in [0.2, 0.25) is 0 Å². The summed E-state index contributed by atoms with van der Waals surface area (Å²) in [5.74, 6) is 0.801. The number of alkyl halides is 1. The maximum atomic E-state index is 2.51. The van der Waals surface area contributed by atoms with Gasteiger partial charge < -0.3 is 0 Å². The van der Waals surface area contributed by atoms with Crippen LogP contribution in [0.25, 0.3) is 0 Å². The first kappa shape index (κ1) is 9.24. The zero-order valence-corrected chi connectivity index (χ0v) is 10.9. The number of halogens is 2. The second kappa shape index (κ2) is 3.82. The maximum absolute atomic E-state index is 2.51. The highest BCUT2D eigenvalue weighted by Gasteiger charge is 2.21. The van der Waals surface area contributed by atoms with E-state index in [2.05, 4.69) is 69.5 Å². The van der Waals surface area contributed by atoms with E-state index in [0.717, 1.165) is 9.84 Å². The lowest BCUT2D eigenvalue weighted by atomic mass is 9.84. The van der Waals surface area contributed by atoms with Gasteiger partial charge in [0.15, 0.2) is 0 Å². The molecule has 0 aromatic rings. The fraction of sp³-hybridized carbons (Fsp3) is 0.400. The van der Waals surface area contributed by atoms with Crippen molar-refractivity contribution in [1.29, 1.82) is 0 Å². The summed E-state index contributed by atoms with van der Waals surface area (Å²) in [6.45, 7) is 0. The van der Waals surface area contributed by atoms with Gasteiger partial charge in [-0.25, -0.2) is 0 Å². The lowest BCUT2D eigenvalue weighted by molar-refractivity contribution is 0.579. The lowest BCUT2D eigenvalue weighted by Gasteiger charge is -2.25. The second-order valence-electron chi connectivity index (χ2n) is 3.28. The van der Waals surface area contributed by atoms with Crippen LogP contribution in [0.1, 0.15) is 12.8 Å². The van der Waals surface area contributed by atoms with Crippen molar-refractivity contribution in [2.45, 2.75) is 16.8 Å². The van der Waals surface area contributed by atoms with Crippen molar-refractivity contribution in [2.24, 2.45) is 5.92 Å². The maximum Gasteiger partial charge on any atom is 0.0298 e. The van der Waals surface area contributed by atoms with Gasteiger partial charge in [0, 0.05) is 7.50 Å². The molecule has 0 bridgehead atoms. The number of rotatable bonds is 0. The van der Waals surface area contributed by atoms with E-state index in [-0.39, 0.29) is 0 Å². The van der Waals surface area contributed by atoms with Crippen LogP contribution in [0.5, 0.6) is 0 Å². The van der Waals surface area contributed by atoms with Gasteiger partial charge in [0.1, 0.15) is 0 Å². The first-order chi connectivity index (χ1) is 5.75. The Kier molecular flexibility index (Phi) is 2.94. The predicted octanol–water partition coefficient (Wildman–Crippen LogP) is 4.02. The summed E-state index contributed by atoms with van der Waals surface area (Å²) in [5, 5.41) is 0. The number of hydrogen-bond acceptors (Lipinski definition) is 0. The van der Waals surface area contributed by atoms with Gasteiger partial charge in [0.05, 0.1) is 0 Å². The van der Waals surface area contributed by atoms with Crippen LogP contribution in [0.3, 0.4) is 0 Å². The molecule has 0 nitrogen and oxygen atoms in total. The zero-order chi connectivity index (χ0) is 8.55. The Morgan fingerprint density at radius 3 is 3.08 bits per heavy atom. The van der Waals surface area contributed by atoms with Crippen LogP contribution in [0.4, 0.5) is 0 Å². The molecule has 2 aliphatic carbocycles. The highest BCUT2D eigenvalue weighted by Crippen LogP contribution is 2.35. The van der Waals surface area contributed by atoms with E-state index in [4.69, 9.17) is 0 Å². The lowest BCUT2D eigenvalue weighted by Crippen LogP contribution is -2.14. The second-order valence-corrected chi connectivity index (χ2v) is 6.12. The molecule has 0 heterocycles. The monoisotopic (exact) mass is 384 g/mol. The molecule has 2 heteroatoms. The summed E-state index contributed by atoms with van der Waals surface area (Å²) < 4.78 is 2.14. The molecule has 1 unspecified atom stereocenters. The summed E-state index contributed by atoms with van der Waals surface area (Å²) >= 11 is 4.91. The molecule has 64 valence electrons. The minimum atomic E-state index is 0.744. The van der Waals surface area contributed by atoms with Crippen molar-refractivity contribution in [2.75, 3.05) is 0 Å². The highest BCUT2D eigenvalue weighted by molar-refractivity contribution is 14.1. The summed E-state index contributed by atoms with van der Waals surface area (Å²) in [6.07, 6.45) is 11.8. The SMILES string of the molecule is IC1=CC[C@H]2CC(I)C=CC2=C1. The van der Waals surface area contributed by atoms with Crippen molar-refractivity contribution in [1.82, 2.24) is 0 Å². The average Bonchev–Trinajstić information content (AvgIpc) is 2.05. The van der Waals surface area contributed by atoms with Crippen molar-refractivity contribution >= 4 is 45.2 Å². The van der Waals surface area contributed by atoms with E-state index in [1.165, 1.54) is 22.0 Å². The van der Waals surface area contributed by atoms with E-state index in [9.17, 15) is 0 Å². The van der Waals surface area contributed by atoms with E-state index in [1.54, 1.807) is 0 Å². The van der Waals surface area contributed by atoms with Crippen molar-refractivity contribution in [3.8, 4) is 0 Å². The summed E-state index contributed by atoms with van der Waals surface area (Å²) in [4.78, 5) is 0. The van der Waals surface area contributed by atoms with Crippen molar-refractivity contribution in [3.05, 3.63) is 33.5 Å². The van der Waals surface area contributed by atoms with E-state index < -0.39 is 0 Å². The Hall–Kier alpha value is 0.680. The Bertz CT molecular complexity index is 274. The molecule has 0 aliphatic heterocycles. The average molecular weight is 384 g/mol. The minimum Gasteiger partial charge on any atom is -0.0780 e. The van der Waals surface area contributed by atoms with E-state index >= 15 is 0 Å². The first-order valence-corrected chi connectivity index (χ1v) is 6.47. The minimum absolute atomic E-state index is 0.744. The van der Waals surface area contributed by atoms with Crippen LogP contribution in [-0.4, -0.2) is 3.92 Å². The van der Waals surface area contributed by atoms with Crippen molar-refractivity contribution in [3.63, 3.8) is 0 Å². The Morgan fingerprint density at radius 1 is 1.42 bits per heavy atom. The van der Waals surface area contributed by atoms with E-state index in [0.29, 0.717) is 0 Å². The Balaban J connectivity index is 2.26. The summed E-state index contributed by atoms with van der Waals surface area (Å²) in [6, 6.07) is 0. The topological polar surface area (TPSA) is 0 Å². The molecule has 2 aliphatic rings. The Labute approximate surface area is 100 Å². The fourth-order valence-corrected chi connectivity index (χ4v) is 3.14. The molecule has 0 N–H and O–H groups in total. The van der Waals surface area contributed by atoms with Gasteiger partial charge in [-0.3, -0.25) is 0 Å². The van der Waals surface area contributed by atoms with E-state index in [1.807, 2.05) is 0 Å². The molecule has 0 aromatic carbocycles. The van der Waals surface area contributed by atoms with Crippen LogP contribution in [0.15, 0.2) is 33.5 Å². The summed E-state index contributed by atoms with van der Waals surface area (Å²) in [7, 11) is 0. The quantitative estimate of drug-likeness (QED) is 0.438. The van der Waals surface area contributed by atoms with Crippen LogP contribution in [-0.2, 0) is 0 Å². The van der Waals surface area contributed by atoms with Gasteiger partial charge in [-0.05, 0) is 53.0 Å². The molecular formula is C10H10I2. The fourth-order valence-electron chi connectivity index (χ4n) is 1.71. The zero-order valence-electron chi connectivity index (χ0n) is 6.63. The predicted molar refractivity (Wildman–Crippen MR) is 69.9 cm³/mol. The third kappa shape index (κ3) is 1.95. The smallest absolute Gasteiger partial charge is 0.0298 e. The molecule has 0 amide bonds.